The van der Waals surface area contributed by atoms with Gasteiger partial charge >= 0.3 is 0 Å². The van der Waals surface area contributed by atoms with Crippen molar-refractivity contribution in [2.45, 2.75) is 26.8 Å². The first kappa shape index (κ1) is 27.0. The number of hydrogen-bond acceptors (Lipinski definition) is 6. The van der Waals surface area contributed by atoms with Crippen LogP contribution in [0.1, 0.15) is 39.2 Å². The Labute approximate surface area is 232 Å². The Balaban J connectivity index is 1.49. The van der Waals surface area contributed by atoms with Crippen molar-refractivity contribution in [2.24, 2.45) is 0 Å². The first-order valence-electron chi connectivity index (χ1n) is 11.0. The average Bonchev–Trinajstić information content (AvgIpc) is 3.40. The molecular formula is C25H20Cl4N4O4. The lowest BCUT2D eigenvalue weighted by atomic mass is 10.0. The minimum Gasteiger partial charge on any atom is -0.360 e. The van der Waals surface area contributed by atoms with Gasteiger partial charge in [-0.1, -0.05) is 68.8 Å². The zero-order chi connectivity index (χ0) is 26.9. The molecule has 37 heavy (non-hydrogen) atoms. The minimum atomic E-state index is -0.479. The van der Waals surface area contributed by atoms with Crippen LogP contribution in [0.25, 0.3) is 22.5 Å². The van der Waals surface area contributed by atoms with E-state index in [-0.39, 0.29) is 29.1 Å². The van der Waals surface area contributed by atoms with Crippen LogP contribution in [-0.2, 0) is 0 Å². The van der Waals surface area contributed by atoms with Crippen molar-refractivity contribution < 1.29 is 18.6 Å². The van der Waals surface area contributed by atoms with Crippen molar-refractivity contribution in [3.63, 3.8) is 0 Å². The fourth-order valence-corrected chi connectivity index (χ4v) is 4.90. The van der Waals surface area contributed by atoms with Gasteiger partial charge in [-0.3, -0.25) is 9.59 Å². The third-order valence-electron chi connectivity index (χ3n) is 5.53. The molecule has 2 N–H and O–H groups in total. The molecule has 2 heterocycles. The number of nitrogens with one attached hydrogen (secondary N) is 2. The number of halogens is 4. The van der Waals surface area contributed by atoms with E-state index in [1.54, 1.807) is 57.2 Å². The van der Waals surface area contributed by atoms with Crippen LogP contribution in [0, 0.1) is 13.8 Å². The molecule has 2 amide bonds. The van der Waals surface area contributed by atoms with E-state index in [4.69, 9.17) is 55.4 Å². The largest absolute Gasteiger partial charge is 0.360 e. The summed E-state index contributed by atoms with van der Waals surface area (Å²) < 4.78 is 10.5. The van der Waals surface area contributed by atoms with E-state index in [1.807, 2.05) is 0 Å². The molecule has 0 aliphatic rings. The predicted octanol–water partition coefficient (Wildman–Crippen LogP) is 6.78. The van der Waals surface area contributed by atoms with Gasteiger partial charge in [0.25, 0.3) is 11.8 Å². The molecule has 0 saturated carbocycles. The molecule has 4 aromatic rings. The van der Waals surface area contributed by atoms with Crippen LogP contribution >= 0.6 is 46.4 Å². The number of rotatable bonds is 7. The van der Waals surface area contributed by atoms with Crippen LogP contribution in [0.5, 0.6) is 0 Å². The third-order valence-corrected chi connectivity index (χ3v) is 6.78. The molecule has 12 heteroatoms. The maximum absolute atomic E-state index is 13.1. The number of aromatic nitrogens is 2. The Hall–Kier alpha value is -3.04. The number of benzene rings is 2. The summed E-state index contributed by atoms with van der Waals surface area (Å²) in [6.45, 7) is 5.04. The molecule has 0 fully saturated rings. The second-order valence-electron chi connectivity index (χ2n) is 8.20. The lowest BCUT2D eigenvalue weighted by molar-refractivity contribution is 0.0911. The SMILES string of the molecule is Cc1onc(-c2c(Cl)cccc2Cl)c1C(=O)NCC(C)NC(=O)c1c(-c2c(Cl)cccc2Cl)noc1C. The summed E-state index contributed by atoms with van der Waals surface area (Å²) in [5.41, 5.74) is 1.62. The van der Waals surface area contributed by atoms with Gasteiger partial charge in [-0.15, -0.1) is 0 Å². The molecule has 2 aromatic heterocycles. The van der Waals surface area contributed by atoms with Gasteiger partial charge in [0.15, 0.2) is 0 Å². The topological polar surface area (TPSA) is 110 Å². The Bertz CT molecular complexity index is 1460. The van der Waals surface area contributed by atoms with Gasteiger partial charge < -0.3 is 19.7 Å². The van der Waals surface area contributed by atoms with Crippen molar-refractivity contribution in [1.29, 1.82) is 0 Å². The number of amides is 2. The van der Waals surface area contributed by atoms with E-state index in [2.05, 4.69) is 20.9 Å². The molecule has 0 spiro atoms. The smallest absolute Gasteiger partial charge is 0.257 e. The highest BCUT2D eigenvalue weighted by Gasteiger charge is 2.27. The van der Waals surface area contributed by atoms with E-state index in [1.165, 1.54) is 0 Å². The number of hydrogen-bond donors (Lipinski definition) is 2. The maximum atomic E-state index is 13.1. The number of carbonyl (C=O) groups excluding carboxylic acids is 2. The van der Waals surface area contributed by atoms with E-state index in [9.17, 15) is 9.59 Å². The summed E-state index contributed by atoms with van der Waals surface area (Å²) in [6.07, 6.45) is 0. The van der Waals surface area contributed by atoms with Gasteiger partial charge in [0.1, 0.15) is 34.0 Å². The highest BCUT2D eigenvalue weighted by atomic mass is 35.5. The number of aryl methyl sites for hydroxylation is 2. The molecule has 8 nitrogen and oxygen atoms in total. The van der Waals surface area contributed by atoms with Gasteiger partial charge in [-0.2, -0.15) is 0 Å². The van der Waals surface area contributed by atoms with Crippen LogP contribution in [0.3, 0.4) is 0 Å². The van der Waals surface area contributed by atoms with E-state index in [0.29, 0.717) is 42.7 Å². The van der Waals surface area contributed by atoms with Crippen molar-refractivity contribution in [1.82, 2.24) is 20.9 Å². The van der Waals surface area contributed by atoms with Gasteiger partial charge in [-0.05, 0) is 45.0 Å². The fourth-order valence-electron chi connectivity index (χ4n) is 3.75. The lowest BCUT2D eigenvalue weighted by Crippen LogP contribution is -2.42. The standard InChI is InChI=1S/C25H20Cl4N4O4/c1-11(31-25(35)19-13(3)37-33-23(19)21-16(28)8-5-9-17(21)29)10-30-24(34)18-12(2)36-32-22(18)20-14(26)6-4-7-15(20)27/h4-9,11H,10H2,1-3H3,(H,30,34)(H,31,35). The van der Waals surface area contributed by atoms with E-state index in [0.717, 1.165) is 0 Å². The molecule has 4 rings (SSSR count). The van der Waals surface area contributed by atoms with Crippen LogP contribution in [0.2, 0.25) is 20.1 Å². The normalized spacial score (nSPS) is 11.9. The molecular weight excluding hydrogens is 562 g/mol. The summed E-state index contributed by atoms with van der Waals surface area (Å²) in [5.74, 6) is -0.339. The van der Waals surface area contributed by atoms with Gasteiger partial charge in [0.05, 0.1) is 20.1 Å². The Kier molecular flexibility index (Phi) is 8.14. The predicted molar refractivity (Wildman–Crippen MR) is 143 cm³/mol. The van der Waals surface area contributed by atoms with Crippen LogP contribution in [0.15, 0.2) is 45.4 Å². The monoisotopic (exact) mass is 580 g/mol. The zero-order valence-corrected chi connectivity index (χ0v) is 22.8. The quantitative estimate of drug-likeness (QED) is 0.249. The Morgan fingerprint density at radius 1 is 0.784 bits per heavy atom. The molecule has 0 bridgehead atoms. The highest BCUT2D eigenvalue weighted by molar-refractivity contribution is 6.40. The van der Waals surface area contributed by atoms with Crippen LogP contribution < -0.4 is 10.6 Å². The second-order valence-corrected chi connectivity index (χ2v) is 9.83. The molecule has 2 aromatic carbocycles. The van der Waals surface area contributed by atoms with Crippen LogP contribution in [-0.4, -0.2) is 34.7 Å². The van der Waals surface area contributed by atoms with Gasteiger partial charge in [-0.25, -0.2) is 0 Å². The summed E-state index contributed by atoms with van der Waals surface area (Å²) in [7, 11) is 0. The fraction of sp³-hybridized carbons (Fsp3) is 0.200. The Morgan fingerprint density at radius 2 is 1.19 bits per heavy atom. The molecule has 0 aliphatic heterocycles. The van der Waals surface area contributed by atoms with Crippen molar-refractivity contribution in [3.8, 4) is 22.5 Å². The summed E-state index contributed by atoms with van der Waals surface area (Å²) >= 11 is 25.2. The number of nitrogens with zero attached hydrogens (tertiary/aromatic N) is 2. The van der Waals surface area contributed by atoms with Crippen molar-refractivity contribution in [3.05, 3.63) is 79.1 Å². The van der Waals surface area contributed by atoms with Gasteiger partial charge in [0.2, 0.25) is 0 Å². The van der Waals surface area contributed by atoms with E-state index < -0.39 is 17.9 Å². The third kappa shape index (κ3) is 5.48. The first-order chi connectivity index (χ1) is 17.6. The average molecular weight is 582 g/mol. The first-order valence-corrected chi connectivity index (χ1v) is 12.5. The second kappa shape index (κ2) is 11.1. The summed E-state index contributed by atoms with van der Waals surface area (Å²) in [4.78, 5) is 26.2. The summed E-state index contributed by atoms with van der Waals surface area (Å²) in [6, 6.07) is 9.47. The maximum Gasteiger partial charge on any atom is 0.257 e. The van der Waals surface area contributed by atoms with Gasteiger partial charge in [0, 0.05) is 23.7 Å². The molecule has 192 valence electrons. The molecule has 1 atom stereocenters. The zero-order valence-electron chi connectivity index (χ0n) is 19.8. The lowest BCUT2D eigenvalue weighted by Gasteiger charge is -2.15. The highest BCUT2D eigenvalue weighted by Crippen LogP contribution is 2.38. The van der Waals surface area contributed by atoms with Crippen LogP contribution in [0.4, 0.5) is 0 Å². The molecule has 0 aliphatic carbocycles. The summed E-state index contributed by atoms with van der Waals surface area (Å²) in [5, 5.41) is 14.9. The Morgan fingerprint density at radius 3 is 1.62 bits per heavy atom. The molecule has 0 saturated heterocycles. The molecule has 1 unspecified atom stereocenters. The van der Waals surface area contributed by atoms with Crippen molar-refractivity contribution >= 4 is 58.2 Å². The van der Waals surface area contributed by atoms with E-state index >= 15 is 0 Å². The molecule has 0 radical (unpaired) electrons. The minimum absolute atomic E-state index is 0.0946. The number of carbonyl (C=O) groups is 2. The van der Waals surface area contributed by atoms with Crippen molar-refractivity contribution in [2.75, 3.05) is 6.54 Å².